The van der Waals surface area contributed by atoms with E-state index >= 15 is 0 Å². The maximum atomic E-state index is 2.53. The summed E-state index contributed by atoms with van der Waals surface area (Å²) in [6.07, 6.45) is 4.24. The van der Waals surface area contributed by atoms with Gasteiger partial charge in [-0.25, -0.2) is 0 Å². The summed E-state index contributed by atoms with van der Waals surface area (Å²) in [6, 6.07) is 0. The minimum atomic E-state index is 0.552. The fourth-order valence-corrected chi connectivity index (χ4v) is 3.21. The summed E-state index contributed by atoms with van der Waals surface area (Å²) in [6.45, 7) is 17.1. The van der Waals surface area contributed by atoms with Crippen LogP contribution in [0.4, 0.5) is 0 Å². The van der Waals surface area contributed by atoms with E-state index in [9.17, 15) is 0 Å². The van der Waals surface area contributed by atoms with Crippen LogP contribution in [0.1, 0.15) is 67.7 Å². The molecule has 0 aromatic heterocycles. The monoisotopic (exact) mass is 210 g/mol. The van der Waals surface area contributed by atoms with Crippen molar-refractivity contribution in [2.45, 2.75) is 67.7 Å². The van der Waals surface area contributed by atoms with Crippen molar-refractivity contribution in [3.05, 3.63) is 0 Å². The lowest BCUT2D eigenvalue weighted by Crippen LogP contribution is -2.38. The SMILES string of the molecule is CCC(C)(C(C)C(C)C(C)C)C1(C)CC1. The molecule has 3 atom stereocenters. The Hall–Kier alpha value is 0. The van der Waals surface area contributed by atoms with Crippen LogP contribution in [0.3, 0.4) is 0 Å². The van der Waals surface area contributed by atoms with Crippen LogP contribution in [-0.4, -0.2) is 0 Å². The van der Waals surface area contributed by atoms with Gasteiger partial charge in [0.25, 0.3) is 0 Å². The fourth-order valence-electron chi connectivity index (χ4n) is 3.21. The van der Waals surface area contributed by atoms with E-state index in [1.54, 1.807) is 0 Å². The van der Waals surface area contributed by atoms with Gasteiger partial charge >= 0.3 is 0 Å². The van der Waals surface area contributed by atoms with Crippen LogP contribution in [-0.2, 0) is 0 Å². The van der Waals surface area contributed by atoms with Gasteiger partial charge in [-0.05, 0) is 47.8 Å². The molecule has 0 amide bonds. The van der Waals surface area contributed by atoms with Crippen LogP contribution in [0.5, 0.6) is 0 Å². The first-order chi connectivity index (χ1) is 6.78. The van der Waals surface area contributed by atoms with Crippen LogP contribution in [0.15, 0.2) is 0 Å². The van der Waals surface area contributed by atoms with E-state index in [1.807, 2.05) is 0 Å². The van der Waals surface area contributed by atoms with Gasteiger partial charge in [0.1, 0.15) is 0 Å². The summed E-state index contributed by atoms with van der Waals surface area (Å²) in [5.41, 5.74) is 1.20. The molecule has 0 bridgehead atoms. The molecule has 0 aromatic carbocycles. The summed E-state index contributed by atoms with van der Waals surface area (Å²) >= 11 is 0. The van der Waals surface area contributed by atoms with E-state index in [0.29, 0.717) is 10.8 Å². The van der Waals surface area contributed by atoms with Crippen LogP contribution >= 0.6 is 0 Å². The van der Waals surface area contributed by atoms with Gasteiger partial charge in [-0.2, -0.15) is 0 Å². The van der Waals surface area contributed by atoms with Gasteiger partial charge in [-0.15, -0.1) is 0 Å². The molecule has 0 heteroatoms. The Morgan fingerprint density at radius 2 is 1.60 bits per heavy atom. The lowest BCUT2D eigenvalue weighted by molar-refractivity contribution is 0.0387. The number of hydrogen-bond donors (Lipinski definition) is 0. The van der Waals surface area contributed by atoms with E-state index in [0.717, 1.165) is 17.8 Å². The average Bonchev–Trinajstić information content (AvgIpc) is 2.94. The van der Waals surface area contributed by atoms with Gasteiger partial charge in [0.15, 0.2) is 0 Å². The molecule has 90 valence electrons. The Morgan fingerprint density at radius 1 is 1.13 bits per heavy atom. The highest BCUT2D eigenvalue weighted by molar-refractivity contribution is 5.04. The first-order valence-corrected chi connectivity index (χ1v) is 6.78. The Bertz CT molecular complexity index is 212. The minimum Gasteiger partial charge on any atom is -0.0648 e. The number of hydrogen-bond acceptors (Lipinski definition) is 0. The largest absolute Gasteiger partial charge is 0.0648 e. The molecule has 0 heterocycles. The van der Waals surface area contributed by atoms with Crippen molar-refractivity contribution in [2.75, 3.05) is 0 Å². The maximum absolute atomic E-state index is 2.53. The second-order valence-corrected chi connectivity index (χ2v) is 6.72. The van der Waals surface area contributed by atoms with E-state index in [2.05, 4.69) is 48.5 Å². The van der Waals surface area contributed by atoms with Gasteiger partial charge < -0.3 is 0 Å². The summed E-state index contributed by atoms with van der Waals surface area (Å²) in [4.78, 5) is 0. The molecular weight excluding hydrogens is 180 g/mol. The minimum absolute atomic E-state index is 0.552. The predicted octanol–water partition coefficient (Wildman–Crippen LogP) is 5.13. The molecule has 0 saturated heterocycles. The molecule has 0 N–H and O–H groups in total. The average molecular weight is 210 g/mol. The van der Waals surface area contributed by atoms with Crippen molar-refractivity contribution in [2.24, 2.45) is 28.6 Å². The lowest BCUT2D eigenvalue weighted by Gasteiger charge is -2.45. The molecule has 3 unspecified atom stereocenters. The highest BCUT2D eigenvalue weighted by Crippen LogP contribution is 2.64. The molecule has 1 aliphatic carbocycles. The van der Waals surface area contributed by atoms with Gasteiger partial charge in [-0.1, -0.05) is 48.5 Å². The number of rotatable bonds is 5. The first kappa shape index (κ1) is 13.1. The van der Waals surface area contributed by atoms with Crippen molar-refractivity contribution in [1.82, 2.24) is 0 Å². The third-order valence-corrected chi connectivity index (χ3v) is 5.96. The lowest BCUT2D eigenvalue weighted by atomic mass is 9.60. The molecule has 0 aromatic rings. The zero-order valence-corrected chi connectivity index (χ0v) is 11.9. The van der Waals surface area contributed by atoms with Gasteiger partial charge in [-0.3, -0.25) is 0 Å². The van der Waals surface area contributed by atoms with E-state index < -0.39 is 0 Å². The summed E-state index contributed by atoms with van der Waals surface area (Å²) in [7, 11) is 0. The molecule has 0 aliphatic heterocycles. The van der Waals surface area contributed by atoms with Crippen LogP contribution in [0, 0.1) is 28.6 Å². The molecule has 1 saturated carbocycles. The quantitative estimate of drug-likeness (QED) is 0.590. The predicted molar refractivity (Wildman–Crippen MR) is 68.9 cm³/mol. The molecule has 1 rings (SSSR count). The zero-order valence-electron chi connectivity index (χ0n) is 11.9. The first-order valence-electron chi connectivity index (χ1n) is 6.78. The Balaban J connectivity index is 2.82. The third-order valence-electron chi connectivity index (χ3n) is 5.96. The zero-order chi connectivity index (χ0) is 11.9. The molecular formula is C15H30. The highest BCUT2D eigenvalue weighted by atomic mass is 14.6. The maximum Gasteiger partial charge on any atom is -0.0246 e. The molecule has 15 heavy (non-hydrogen) atoms. The second-order valence-electron chi connectivity index (χ2n) is 6.72. The van der Waals surface area contributed by atoms with Crippen molar-refractivity contribution in [3.8, 4) is 0 Å². The Morgan fingerprint density at radius 3 is 1.87 bits per heavy atom. The summed E-state index contributed by atoms with van der Waals surface area (Å²) in [5, 5.41) is 0. The normalized spacial score (nSPS) is 27.2. The second kappa shape index (κ2) is 4.11. The Labute approximate surface area is 96.8 Å². The van der Waals surface area contributed by atoms with Crippen LogP contribution in [0.25, 0.3) is 0 Å². The topological polar surface area (TPSA) is 0 Å². The van der Waals surface area contributed by atoms with Crippen LogP contribution < -0.4 is 0 Å². The molecule has 0 spiro atoms. The van der Waals surface area contributed by atoms with E-state index in [1.165, 1.54) is 19.3 Å². The Kier molecular flexibility index (Phi) is 3.58. The molecule has 0 nitrogen and oxygen atoms in total. The van der Waals surface area contributed by atoms with Gasteiger partial charge in [0.2, 0.25) is 0 Å². The fraction of sp³-hybridized carbons (Fsp3) is 1.00. The molecule has 1 fully saturated rings. The van der Waals surface area contributed by atoms with Crippen LogP contribution in [0.2, 0.25) is 0 Å². The molecule has 1 aliphatic rings. The highest BCUT2D eigenvalue weighted by Gasteiger charge is 2.54. The van der Waals surface area contributed by atoms with Crippen molar-refractivity contribution < 1.29 is 0 Å². The third kappa shape index (κ3) is 2.10. The van der Waals surface area contributed by atoms with Crippen molar-refractivity contribution in [3.63, 3.8) is 0 Å². The van der Waals surface area contributed by atoms with Crippen molar-refractivity contribution >= 4 is 0 Å². The summed E-state index contributed by atoms with van der Waals surface area (Å²) in [5.74, 6) is 2.50. The van der Waals surface area contributed by atoms with E-state index in [-0.39, 0.29) is 0 Å². The van der Waals surface area contributed by atoms with E-state index in [4.69, 9.17) is 0 Å². The molecule has 0 radical (unpaired) electrons. The smallest absolute Gasteiger partial charge is 0.0246 e. The van der Waals surface area contributed by atoms with Crippen molar-refractivity contribution in [1.29, 1.82) is 0 Å². The summed E-state index contributed by atoms with van der Waals surface area (Å²) < 4.78 is 0. The standard InChI is InChI=1S/C15H30/c1-8-15(7,14(6)9-10-14)13(5)12(4)11(2)3/h11-13H,8-10H2,1-7H3. The van der Waals surface area contributed by atoms with Gasteiger partial charge in [0.05, 0.1) is 0 Å². The van der Waals surface area contributed by atoms with Gasteiger partial charge in [0, 0.05) is 0 Å².